The van der Waals surface area contributed by atoms with Crippen molar-refractivity contribution >= 4 is 0 Å². The molecule has 0 bridgehead atoms. The van der Waals surface area contributed by atoms with E-state index in [1.807, 2.05) is 0 Å². The first-order chi connectivity index (χ1) is 54.6. The highest BCUT2D eigenvalue weighted by Crippen LogP contribution is 2.33. The topological polar surface area (TPSA) is 236 Å². The minimum atomic E-state index is -1.67. The molecule has 0 amide bonds. The Labute approximate surface area is 702 Å². The minimum Gasteiger partial charge on any atom is -0.394 e. The van der Waals surface area contributed by atoms with Crippen LogP contribution in [0.5, 0.6) is 0 Å². The molecule has 0 aromatic heterocycles. The van der Waals surface area contributed by atoms with Gasteiger partial charge in [-0.25, -0.2) is 0 Å². The first-order valence-electron chi connectivity index (χ1n) is 48.8. The van der Waals surface area contributed by atoms with Crippen molar-refractivity contribution in [2.45, 2.75) is 467 Å². The fraction of sp³-hybridized carbons (Fsp3) is 1.00. The third-order valence-electron chi connectivity index (χ3n) is 27.7. The van der Waals surface area contributed by atoms with Crippen LogP contribution >= 0.6 is 0 Å². The molecule has 3 fully saturated rings. The summed E-state index contributed by atoms with van der Waals surface area (Å²) in [5, 5.41) is 83.8. The summed E-state index contributed by atoms with van der Waals surface area (Å²) >= 11 is 0. The molecule has 3 rings (SSSR count). The van der Waals surface area contributed by atoms with Gasteiger partial charge in [-0.05, 0) is 120 Å². The molecule has 16 nitrogen and oxygen atoms in total. The molecule has 16 heteroatoms. The average Bonchev–Trinajstić information content (AvgIpc) is 0.807. The smallest absolute Gasteiger partial charge is 0.186 e. The van der Waals surface area contributed by atoms with E-state index in [-0.39, 0.29) is 25.9 Å². The highest BCUT2D eigenvalue weighted by atomic mass is 16.7. The van der Waals surface area contributed by atoms with Crippen molar-refractivity contribution in [2.75, 3.05) is 66.1 Å². The van der Waals surface area contributed by atoms with Gasteiger partial charge >= 0.3 is 0 Å². The lowest BCUT2D eigenvalue weighted by molar-refractivity contribution is -0.333. The maximum absolute atomic E-state index is 11.1. The monoisotopic (exact) mass is 1630 g/mol. The van der Waals surface area contributed by atoms with Gasteiger partial charge in [0.25, 0.3) is 0 Å². The lowest BCUT2D eigenvalue weighted by Crippen LogP contribution is -2.61. The van der Waals surface area contributed by atoms with Crippen LogP contribution in [0.3, 0.4) is 0 Å². The minimum absolute atomic E-state index is 0.00921. The molecule has 3 aliphatic heterocycles. The molecule has 28 atom stereocenters. The molecule has 0 radical (unpaired) electrons. The van der Waals surface area contributed by atoms with Gasteiger partial charge in [0.1, 0.15) is 61.0 Å². The number of aliphatic hydroxyl groups is 8. The second kappa shape index (κ2) is 65.9. The Morgan fingerprint density at radius 3 is 0.693 bits per heavy atom. The van der Waals surface area contributed by atoms with Crippen LogP contribution in [0.2, 0.25) is 0 Å². The zero-order chi connectivity index (χ0) is 84.0. The Morgan fingerprint density at radius 2 is 0.430 bits per heavy atom. The second-order valence-electron chi connectivity index (χ2n) is 40.4. The van der Waals surface area contributed by atoms with Crippen molar-refractivity contribution in [3.05, 3.63) is 0 Å². The molecule has 3 heterocycles. The van der Waals surface area contributed by atoms with Crippen LogP contribution in [0, 0.1) is 94.7 Å². The fourth-order valence-electron chi connectivity index (χ4n) is 18.2. The predicted octanol–water partition coefficient (Wildman–Crippen LogP) is 21.8. The van der Waals surface area contributed by atoms with Crippen molar-refractivity contribution in [1.82, 2.24) is 0 Å². The van der Waals surface area contributed by atoms with Gasteiger partial charge in [0.05, 0.1) is 39.6 Å². The van der Waals surface area contributed by atoms with E-state index < -0.39 is 80.7 Å². The molecule has 680 valence electrons. The molecule has 3 saturated heterocycles. The first kappa shape index (κ1) is 108. The molecule has 8 N–H and O–H groups in total. The van der Waals surface area contributed by atoms with Gasteiger partial charge in [-0.15, -0.1) is 0 Å². The zero-order valence-electron chi connectivity index (χ0n) is 77.2. The lowest BCUT2D eigenvalue weighted by atomic mass is 9.88. The van der Waals surface area contributed by atoms with Crippen LogP contribution < -0.4 is 0 Å². The summed E-state index contributed by atoms with van der Waals surface area (Å²) in [6.07, 6.45) is 41.1. The van der Waals surface area contributed by atoms with Gasteiger partial charge in [-0.1, -0.05) is 368 Å². The predicted molar refractivity (Wildman–Crippen MR) is 470 cm³/mol. The summed E-state index contributed by atoms with van der Waals surface area (Å²) < 4.78 is 48.3. The average molecular weight is 1630 g/mol. The van der Waals surface area contributed by atoms with Crippen LogP contribution in [0.15, 0.2) is 0 Å². The van der Waals surface area contributed by atoms with E-state index in [1.165, 1.54) is 244 Å². The summed E-state index contributed by atoms with van der Waals surface area (Å²) in [5.74, 6) is 11.8. The number of rotatable bonds is 8. The largest absolute Gasteiger partial charge is 0.394 e. The SMILES string of the molecule is C[C@@H]1CCC[C@H](C)CCC[C@H](C)CC[C@@H](C)CCC[C@@H](C)CCC[C@@H](C)CCC[C@@H](C)CCO[C@H](CO[C@@H]2OC(CO[C@@H]3OC(CO)[C@@H](O)C(O)[C@H]3O)[C@@H](O)C(O)[C@H]2O)COCC[C@H](C)CCC[C@H](C)CCC[C@H](C)CCC[C@H](C)CC[C@@H](C)CCC[C@@H](C)CCC[C@@H](C)CCC[C@@H](C)CCO[C@H](CO)COCC[C@H](C)CCC1. The van der Waals surface area contributed by atoms with E-state index in [0.29, 0.717) is 56.0 Å². The number of aliphatic hydroxyl groups excluding tert-OH is 8. The molecular formula is C98H192O16. The Hall–Kier alpha value is -0.640. The van der Waals surface area contributed by atoms with Crippen LogP contribution in [-0.2, 0) is 37.9 Å². The lowest BCUT2D eigenvalue weighted by Gasteiger charge is -2.42. The summed E-state index contributed by atoms with van der Waals surface area (Å²) in [4.78, 5) is 0. The number of hydrogen-bond donors (Lipinski definition) is 8. The summed E-state index contributed by atoms with van der Waals surface area (Å²) in [6, 6.07) is 0. The van der Waals surface area contributed by atoms with Crippen molar-refractivity contribution in [3.63, 3.8) is 0 Å². The van der Waals surface area contributed by atoms with Crippen molar-refractivity contribution in [3.8, 4) is 0 Å². The molecule has 0 aliphatic carbocycles. The van der Waals surface area contributed by atoms with Crippen LogP contribution in [0.1, 0.15) is 393 Å². The number of hydrogen-bond acceptors (Lipinski definition) is 16. The Morgan fingerprint density at radius 1 is 0.219 bits per heavy atom. The van der Waals surface area contributed by atoms with Gasteiger partial charge < -0.3 is 78.7 Å². The van der Waals surface area contributed by atoms with E-state index in [1.54, 1.807) is 0 Å². The van der Waals surface area contributed by atoms with Gasteiger partial charge in [-0.3, -0.25) is 0 Å². The van der Waals surface area contributed by atoms with Gasteiger partial charge in [0, 0.05) is 26.4 Å². The Balaban J connectivity index is 1.48. The molecular weight excluding hydrogens is 1430 g/mol. The highest BCUT2D eigenvalue weighted by Gasteiger charge is 2.48. The maximum atomic E-state index is 11.1. The van der Waals surface area contributed by atoms with Gasteiger partial charge in [0.2, 0.25) is 0 Å². The van der Waals surface area contributed by atoms with E-state index in [4.69, 9.17) is 37.9 Å². The third kappa shape index (κ3) is 52.1. The number of ether oxygens (including phenoxy) is 8. The quantitative estimate of drug-likeness (QED) is 0.113. The third-order valence-corrected chi connectivity index (χ3v) is 27.7. The van der Waals surface area contributed by atoms with E-state index >= 15 is 0 Å². The molecule has 114 heavy (non-hydrogen) atoms. The van der Waals surface area contributed by atoms with E-state index in [2.05, 4.69) is 111 Å². The summed E-state index contributed by atoms with van der Waals surface area (Å²) in [5.41, 5.74) is 0. The fourth-order valence-corrected chi connectivity index (χ4v) is 18.2. The van der Waals surface area contributed by atoms with Crippen molar-refractivity contribution in [2.24, 2.45) is 94.7 Å². The normalized spacial score (nSPS) is 39.6. The molecule has 0 aromatic carbocycles. The molecule has 3 aliphatic rings. The van der Waals surface area contributed by atoms with Crippen LogP contribution in [-0.4, -0.2) is 181 Å². The van der Waals surface area contributed by atoms with Crippen molar-refractivity contribution in [1.29, 1.82) is 0 Å². The van der Waals surface area contributed by atoms with Crippen LogP contribution in [0.4, 0.5) is 0 Å². The summed E-state index contributed by atoms with van der Waals surface area (Å²) in [6.45, 7) is 41.3. The molecule has 0 spiro atoms. The molecule has 4 unspecified atom stereocenters. The Bertz CT molecular complexity index is 2160. The second-order valence-corrected chi connectivity index (χ2v) is 40.4. The van der Waals surface area contributed by atoms with Crippen LogP contribution in [0.25, 0.3) is 0 Å². The molecule has 0 aromatic rings. The first-order valence-corrected chi connectivity index (χ1v) is 48.8. The standard InChI is InChI=1S/C98H192O16/c1-71-29-17-33-75(5)41-25-49-83(13)57-61-107-67-87(65-99)109-63-59-85(15)51-27-43-77(7)35-19-31-73(3)39-23-47-81(11)55-53-80(10)46-22-38-72(2)30-18-34-76(6)42-26-50-84(14)58-62-108-68-88(69-111-97-96(106)94(104)92(102)90(114-97)70-112-98-95(105)93(103)91(101)89(66-100)113-98)110-64-60-86(16)52-28-44-78(8)36-20-32-74(4)40-24-48-82(12)56-54-79(9)45-21-37-71/h71-106H,17-70H2,1-16H3/t71-,72-,73-,74-,75+,76+,77+,78+,79-,80-,81-,82-,83+,84+,85+,86+,87+,88-,89?,90?,91+,92+,93?,94?,95+,96+,97+,98+/m0/s1. The zero-order valence-corrected chi connectivity index (χ0v) is 77.2. The maximum Gasteiger partial charge on any atom is 0.186 e. The Kier molecular flexibility index (Phi) is 62.2. The molecule has 0 saturated carbocycles. The highest BCUT2D eigenvalue weighted by molar-refractivity contribution is 4.92. The van der Waals surface area contributed by atoms with Crippen molar-refractivity contribution < 1.29 is 78.7 Å². The van der Waals surface area contributed by atoms with E-state index in [0.717, 1.165) is 110 Å². The summed E-state index contributed by atoms with van der Waals surface area (Å²) in [7, 11) is 0. The van der Waals surface area contributed by atoms with E-state index in [9.17, 15) is 40.9 Å². The van der Waals surface area contributed by atoms with Gasteiger partial charge in [0.15, 0.2) is 12.6 Å². The van der Waals surface area contributed by atoms with Gasteiger partial charge in [-0.2, -0.15) is 0 Å².